The summed E-state index contributed by atoms with van der Waals surface area (Å²) < 4.78 is 3.25. The molecule has 1 saturated heterocycles. The number of allylic oxidation sites excluding steroid dienone is 1. The lowest BCUT2D eigenvalue weighted by molar-refractivity contribution is -0.121. The third-order valence-corrected chi connectivity index (χ3v) is 7.66. The van der Waals surface area contributed by atoms with Gasteiger partial charge in [-0.2, -0.15) is 0 Å². The largest absolute Gasteiger partial charge is 0.369 e. The van der Waals surface area contributed by atoms with Crippen LogP contribution in [0.15, 0.2) is 65.0 Å². The molecule has 2 aliphatic rings. The van der Waals surface area contributed by atoms with Gasteiger partial charge in [0.15, 0.2) is 5.13 Å². The maximum absolute atomic E-state index is 12.7. The predicted octanol–water partition coefficient (Wildman–Crippen LogP) is 5.81. The van der Waals surface area contributed by atoms with Crippen LogP contribution in [0, 0.1) is 0 Å². The smallest absolute Gasteiger partial charge is 0.221 e. The highest BCUT2D eigenvalue weighted by Crippen LogP contribution is 2.34. The molecule has 2 atom stereocenters. The average molecular weight is 483 g/mol. The summed E-state index contributed by atoms with van der Waals surface area (Å²) in [4.78, 5) is 20.4. The van der Waals surface area contributed by atoms with Gasteiger partial charge >= 0.3 is 0 Å². The van der Waals surface area contributed by atoms with Crippen LogP contribution in [0.1, 0.15) is 29.9 Å². The lowest BCUT2D eigenvalue weighted by Gasteiger charge is -2.20. The van der Waals surface area contributed by atoms with Gasteiger partial charge in [0.25, 0.3) is 0 Å². The number of halogens is 1. The van der Waals surface area contributed by atoms with Crippen molar-refractivity contribution in [3.63, 3.8) is 0 Å². The third-order valence-electron chi connectivity index (χ3n) is 5.81. The Morgan fingerprint density at radius 2 is 2.12 bits per heavy atom. The molecule has 2 heterocycles. The van der Waals surface area contributed by atoms with Crippen LogP contribution in [0.5, 0.6) is 0 Å². The second kappa shape index (κ2) is 9.57. The molecule has 0 bridgehead atoms. The normalized spacial score (nSPS) is 19.2. The molecule has 2 aromatic carbocycles. The Kier molecular flexibility index (Phi) is 6.39. The summed E-state index contributed by atoms with van der Waals surface area (Å²) in [5, 5.41) is 6.80. The van der Waals surface area contributed by atoms with E-state index in [4.69, 9.17) is 11.6 Å². The molecule has 1 amide bonds. The van der Waals surface area contributed by atoms with Gasteiger partial charge in [0.1, 0.15) is 0 Å². The highest BCUT2D eigenvalue weighted by molar-refractivity contribution is 8.00. The fraction of sp³-hybridized carbons (Fsp3) is 0.250. The van der Waals surface area contributed by atoms with Gasteiger partial charge in [-0.3, -0.25) is 4.79 Å². The molecule has 1 aliphatic heterocycles. The second-order valence-electron chi connectivity index (χ2n) is 7.98. The van der Waals surface area contributed by atoms with Gasteiger partial charge in [-0.05, 0) is 65.9 Å². The standard InChI is InChI=1S/C24H23ClN4OS2/c25-18-4-3-16-1-2-17(22(16)14-18)13-23(30)27-19-9-11-29(15-19)20-5-7-21(8-6-20)32-28-24-26-10-12-31-24/h1-8,10,12,14,17,19H,9,11,13,15H2,(H,26,28)(H,27,30)/t17?,19-/m0/s1. The number of amides is 1. The molecule has 5 nitrogen and oxygen atoms in total. The Morgan fingerprint density at radius 3 is 2.94 bits per heavy atom. The van der Waals surface area contributed by atoms with E-state index in [0.29, 0.717) is 11.4 Å². The highest BCUT2D eigenvalue weighted by Gasteiger charge is 2.26. The number of aromatic nitrogens is 1. The van der Waals surface area contributed by atoms with Crippen LogP contribution in [0.4, 0.5) is 10.8 Å². The fourth-order valence-corrected chi connectivity index (χ4v) is 5.62. The van der Waals surface area contributed by atoms with Crippen molar-refractivity contribution in [2.75, 3.05) is 22.7 Å². The zero-order chi connectivity index (χ0) is 21.9. The number of carbonyl (C=O) groups excluding carboxylic acids is 1. The van der Waals surface area contributed by atoms with Crippen molar-refractivity contribution >= 4 is 57.7 Å². The van der Waals surface area contributed by atoms with Crippen LogP contribution in [-0.2, 0) is 4.79 Å². The van der Waals surface area contributed by atoms with E-state index < -0.39 is 0 Å². The van der Waals surface area contributed by atoms with Crippen molar-refractivity contribution in [1.82, 2.24) is 10.3 Å². The van der Waals surface area contributed by atoms with Gasteiger partial charge in [-0.15, -0.1) is 11.3 Å². The minimum Gasteiger partial charge on any atom is -0.369 e. The van der Waals surface area contributed by atoms with Crippen LogP contribution in [0.3, 0.4) is 0 Å². The maximum Gasteiger partial charge on any atom is 0.221 e. The lowest BCUT2D eigenvalue weighted by Crippen LogP contribution is -2.37. The summed E-state index contributed by atoms with van der Waals surface area (Å²) in [6, 6.07) is 14.6. The fourth-order valence-electron chi connectivity index (χ4n) is 4.22. The predicted molar refractivity (Wildman–Crippen MR) is 135 cm³/mol. The molecule has 2 N–H and O–H groups in total. The summed E-state index contributed by atoms with van der Waals surface area (Å²) in [7, 11) is 0. The van der Waals surface area contributed by atoms with Crippen LogP contribution < -0.4 is 14.9 Å². The Morgan fingerprint density at radius 1 is 1.25 bits per heavy atom. The summed E-state index contributed by atoms with van der Waals surface area (Å²) in [5.74, 6) is 0.198. The molecule has 164 valence electrons. The van der Waals surface area contributed by atoms with E-state index >= 15 is 0 Å². The molecule has 8 heteroatoms. The maximum atomic E-state index is 12.7. The van der Waals surface area contributed by atoms with Crippen molar-refractivity contribution in [1.29, 1.82) is 0 Å². The van der Waals surface area contributed by atoms with E-state index in [1.165, 1.54) is 5.69 Å². The Labute approximate surface area is 201 Å². The number of hydrogen-bond donors (Lipinski definition) is 2. The first-order valence-electron chi connectivity index (χ1n) is 10.6. The number of nitrogens with one attached hydrogen (secondary N) is 2. The van der Waals surface area contributed by atoms with Crippen molar-refractivity contribution in [2.24, 2.45) is 0 Å². The van der Waals surface area contributed by atoms with E-state index in [2.05, 4.69) is 56.3 Å². The SMILES string of the molecule is O=C(CC1C=Cc2ccc(Cl)cc21)N[C@H]1CCN(c2ccc(SNc3nccs3)cc2)C1. The Bertz CT molecular complexity index is 1120. The first-order valence-corrected chi connectivity index (χ1v) is 12.7. The van der Waals surface area contributed by atoms with Gasteiger partial charge < -0.3 is 14.9 Å². The molecule has 5 rings (SSSR count). The number of thiazole rings is 1. The molecule has 0 radical (unpaired) electrons. The van der Waals surface area contributed by atoms with Crippen molar-refractivity contribution in [2.45, 2.75) is 29.7 Å². The van der Waals surface area contributed by atoms with E-state index in [0.717, 1.165) is 40.7 Å². The molecule has 1 aliphatic carbocycles. The minimum absolute atomic E-state index is 0.0966. The zero-order valence-electron chi connectivity index (χ0n) is 17.3. The van der Waals surface area contributed by atoms with Crippen LogP contribution >= 0.6 is 34.9 Å². The number of nitrogens with zero attached hydrogens (tertiary/aromatic N) is 2. The van der Waals surface area contributed by atoms with Gasteiger partial charge in [-0.25, -0.2) is 4.98 Å². The highest BCUT2D eigenvalue weighted by atomic mass is 35.5. The van der Waals surface area contributed by atoms with E-state index in [1.807, 2.05) is 23.6 Å². The van der Waals surface area contributed by atoms with E-state index in [-0.39, 0.29) is 17.9 Å². The number of hydrogen-bond acceptors (Lipinski definition) is 6. The van der Waals surface area contributed by atoms with Crippen molar-refractivity contribution in [3.8, 4) is 0 Å². The molecule has 1 aromatic heterocycles. The second-order valence-corrected chi connectivity index (χ2v) is 10.2. The third kappa shape index (κ3) is 4.95. The number of benzene rings is 2. The van der Waals surface area contributed by atoms with Crippen molar-refractivity contribution < 1.29 is 4.79 Å². The average Bonchev–Trinajstić information content (AvgIpc) is 3.55. The number of fused-ring (bicyclic) bond motifs is 1. The Balaban J connectivity index is 1.11. The van der Waals surface area contributed by atoms with Gasteiger partial charge in [-0.1, -0.05) is 29.8 Å². The summed E-state index contributed by atoms with van der Waals surface area (Å²) in [5.41, 5.74) is 3.48. The molecule has 3 aromatic rings. The first-order chi connectivity index (χ1) is 15.6. The lowest BCUT2D eigenvalue weighted by atomic mass is 9.97. The summed E-state index contributed by atoms with van der Waals surface area (Å²) in [6.07, 6.45) is 7.38. The van der Waals surface area contributed by atoms with Crippen LogP contribution in [-0.4, -0.2) is 30.0 Å². The van der Waals surface area contributed by atoms with Crippen LogP contribution in [0.25, 0.3) is 6.08 Å². The molecule has 0 spiro atoms. The summed E-state index contributed by atoms with van der Waals surface area (Å²) >= 11 is 9.29. The zero-order valence-corrected chi connectivity index (χ0v) is 19.7. The molecular weight excluding hydrogens is 460 g/mol. The minimum atomic E-state index is 0.0966. The van der Waals surface area contributed by atoms with Crippen LogP contribution in [0.2, 0.25) is 5.02 Å². The molecule has 1 unspecified atom stereocenters. The monoisotopic (exact) mass is 482 g/mol. The molecule has 1 fully saturated rings. The number of carbonyl (C=O) groups is 1. The van der Waals surface area contributed by atoms with Gasteiger partial charge in [0.2, 0.25) is 5.91 Å². The van der Waals surface area contributed by atoms with Gasteiger partial charge in [0, 0.05) is 58.7 Å². The number of rotatable bonds is 7. The van der Waals surface area contributed by atoms with E-state index in [9.17, 15) is 4.79 Å². The topological polar surface area (TPSA) is 57.3 Å². The molecule has 0 saturated carbocycles. The Hall–Kier alpha value is -2.48. The van der Waals surface area contributed by atoms with Gasteiger partial charge in [0.05, 0.1) is 0 Å². The molecular formula is C24H23ClN4OS2. The summed E-state index contributed by atoms with van der Waals surface area (Å²) in [6.45, 7) is 1.77. The number of anilines is 2. The molecule has 32 heavy (non-hydrogen) atoms. The van der Waals surface area contributed by atoms with E-state index in [1.54, 1.807) is 29.5 Å². The first kappa shape index (κ1) is 21.4. The van der Waals surface area contributed by atoms with Crippen molar-refractivity contribution in [3.05, 3.63) is 76.3 Å². The quantitative estimate of drug-likeness (QED) is 0.416.